The molecule has 1 amide bonds. The number of nitrogens with zero attached hydrogens (tertiary/aromatic N) is 1. The maximum Gasteiger partial charge on any atom is 0.430 e. The molecular formula is C11H9F3INO2. The lowest BCUT2D eigenvalue weighted by Gasteiger charge is -2.25. The molecule has 0 fully saturated rings. The molecule has 7 heteroatoms. The predicted octanol–water partition coefficient (Wildman–Crippen LogP) is 2.41. The molecule has 1 aliphatic rings. The van der Waals surface area contributed by atoms with Gasteiger partial charge in [0.1, 0.15) is 0 Å². The van der Waals surface area contributed by atoms with E-state index in [-0.39, 0.29) is 12.2 Å². The molecule has 1 aliphatic heterocycles. The van der Waals surface area contributed by atoms with Crippen LogP contribution in [0.15, 0.2) is 18.2 Å². The van der Waals surface area contributed by atoms with Crippen molar-refractivity contribution in [3.8, 4) is 0 Å². The molecule has 0 spiro atoms. The quantitative estimate of drug-likeness (QED) is 0.771. The molecule has 0 bridgehead atoms. The summed E-state index contributed by atoms with van der Waals surface area (Å²) in [6.45, 7) is 1.63. The first kappa shape index (κ1) is 13.6. The highest BCUT2D eigenvalue weighted by atomic mass is 127. The average Bonchev–Trinajstić information content (AvgIpc) is 2.49. The van der Waals surface area contributed by atoms with Crippen molar-refractivity contribution in [3.63, 3.8) is 0 Å². The van der Waals surface area contributed by atoms with Crippen LogP contribution in [-0.4, -0.2) is 23.7 Å². The number of alkyl halides is 3. The SMILES string of the molecule is CCN1C(=O)C(O)(C(F)(F)F)c2cc(I)ccc21. The fraction of sp³-hybridized carbons (Fsp3) is 0.364. The van der Waals surface area contributed by atoms with Crippen molar-refractivity contribution in [3.05, 3.63) is 27.3 Å². The van der Waals surface area contributed by atoms with E-state index in [2.05, 4.69) is 0 Å². The fourth-order valence-corrected chi connectivity index (χ4v) is 2.53. The van der Waals surface area contributed by atoms with E-state index >= 15 is 0 Å². The average molecular weight is 371 g/mol. The second-order valence-electron chi connectivity index (χ2n) is 3.92. The largest absolute Gasteiger partial charge is 0.430 e. The fourth-order valence-electron chi connectivity index (χ4n) is 2.04. The van der Waals surface area contributed by atoms with Gasteiger partial charge in [-0.2, -0.15) is 13.2 Å². The zero-order valence-electron chi connectivity index (χ0n) is 9.25. The van der Waals surface area contributed by atoms with Gasteiger partial charge in [0.15, 0.2) is 0 Å². The van der Waals surface area contributed by atoms with Gasteiger partial charge in [0, 0.05) is 15.7 Å². The van der Waals surface area contributed by atoms with Gasteiger partial charge >= 0.3 is 6.18 Å². The van der Waals surface area contributed by atoms with E-state index in [1.165, 1.54) is 12.1 Å². The van der Waals surface area contributed by atoms with Crippen molar-refractivity contribution in [1.82, 2.24) is 0 Å². The number of anilines is 1. The van der Waals surface area contributed by atoms with Crippen LogP contribution in [-0.2, 0) is 10.4 Å². The standard InChI is InChI=1S/C11H9F3INO2/c1-2-16-8-4-3-6(15)5-7(8)10(18,9(16)17)11(12,13)14/h3-5,18H,2H2,1H3. The van der Waals surface area contributed by atoms with Crippen LogP contribution in [0.1, 0.15) is 12.5 Å². The molecule has 1 aromatic carbocycles. The van der Waals surface area contributed by atoms with Crippen LogP contribution in [0.25, 0.3) is 0 Å². The summed E-state index contributed by atoms with van der Waals surface area (Å²) in [5.41, 5.74) is -3.71. The zero-order chi connectivity index (χ0) is 13.7. The van der Waals surface area contributed by atoms with Gasteiger partial charge in [0.05, 0.1) is 5.69 Å². The van der Waals surface area contributed by atoms with Crippen molar-refractivity contribution in [2.45, 2.75) is 18.7 Å². The summed E-state index contributed by atoms with van der Waals surface area (Å²) in [6, 6.07) is 4.20. The van der Waals surface area contributed by atoms with Crippen LogP contribution in [0, 0.1) is 3.57 Å². The number of carbonyl (C=O) groups is 1. The van der Waals surface area contributed by atoms with Gasteiger partial charge in [-0.1, -0.05) is 0 Å². The molecule has 1 aromatic rings. The molecule has 1 N–H and O–H groups in total. The summed E-state index contributed by atoms with van der Waals surface area (Å²) in [5.74, 6) is -1.34. The van der Waals surface area contributed by atoms with Crippen molar-refractivity contribution >= 4 is 34.2 Å². The minimum Gasteiger partial charge on any atom is -0.368 e. The molecule has 1 unspecified atom stereocenters. The second kappa shape index (κ2) is 4.09. The van der Waals surface area contributed by atoms with Gasteiger partial charge in [-0.25, -0.2) is 0 Å². The molecule has 0 aliphatic carbocycles. The van der Waals surface area contributed by atoms with Gasteiger partial charge < -0.3 is 10.0 Å². The lowest BCUT2D eigenvalue weighted by molar-refractivity contribution is -0.253. The third-order valence-electron chi connectivity index (χ3n) is 2.92. The second-order valence-corrected chi connectivity index (χ2v) is 5.16. The van der Waals surface area contributed by atoms with Crippen LogP contribution < -0.4 is 4.90 Å². The van der Waals surface area contributed by atoms with Gasteiger partial charge in [-0.05, 0) is 47.7 Å². The Morgan fingerprint density at radius 1 is 1.44 bits per heavy atom. The zero-order valence-corrected chi connectivity index (χ0v) is 11.4. The first-order valence-corrected chi connectivity index (χ1v) is 6.22. The van der Waals surface area contributed by atoms with Gasteiger partial charge in [-0.3, -0.25) is 4.79 Å². The number of carbonyl (C=O) groups excluding carboxylic acids is 1. The number of rotatable bonds is 1. The lowest BCUT2D eigenvalue weighted by Crippen LogP contribution is -2.50. The van der Waals surface area contributed by atoms with Crippen LogP contribution >= 0.6 is 22.6 Å². The summed E-state index contributed by atoms with van der Waals surface area (Å²) in [7, 11) is 0. The summed E-state index contributed by atoms with van der Waals surface area (Å²) in [4.78, 5) is 12.8. The van der Waals surface area contributed by atoms with E-state index in [0.717, 1.165) is 4.90 Å². The van der Waals surface area contributed by atoms with Crippen LogP contribution in [0.2, 0.25) is 0 Å². The molecular weight excluding hydrogens is 362 g/mol. The van der Waals surface area contributed by atoms with Gasteiger partial charge in [0.2, 0.25) is 0 Å². The van der Waals surface area contributed by atoms with Crippen molar-refractivity contribution < 1.29 is 23.1 Å². The Labute approximate surface area is 115 Å². The minimum absolute atomic E-state index is 0.0742. The third kappa shape index (κ3) is 1.63. The van der Waals surface area contributed by atoms with Crippen molar-refractivity contribution in [2.75, 3.05) is 11.4 Å². The van der Waals surface area contributed by atoms with E-state index < -0.39 is 23.2 Å². The number of hydrogen-bond acceptors (Lipinski definition) is 2. The number of amides is 1. The lowest BCUT2D eigenvalue weighted by atomic mass is 9.95. The summed E-state index contributed by atoms with van der Waals surface area (Å²) in [5, 5.41) is 9.85. The minimum atomic E-state index is -5.03. The maximum atomic E-state index is 13.0. The number of hydrogen-bond donors (Lipinski definition) is 1. The Balaban J connectivity index is 2.73. The molecule has 3 nitrogen and oxygen atoms in total. The molecule has 0 aromatic heterocycles. The van der Waals surface area contributed by atoms with Crippen LogP contribution in [0.4, 0.5) is 18.9 Å². The van der Waals surface area contributed by atoms with E-state index in [1.54, 1.807) is 13.0 Å². The summed E-state index contributed by atoms with van der Waals surface area (Å²) in [6.07, 6.45) is -5.03. The Morgan fingerprint density at radius 3 is 2.56 bits per heavy atom. The van der Waals surface area contributed by atoms with Gasteiger partial charge in [0.25, 0.3) is 11.5 Å². The Morgan fingerprint density at radius 2 is 2.06 bits per heavy atom. The maximum absolute atomic E-state index is 13.0. The molecule has 18 heavy (non-hydrogen) atoms. The molecule has 0 saturated carbocycles. The Hall–Kier alpha value is -0.830. The monoisotopic (exact) mass is 371 g/mol. The Bertz CT molecular complexity index is 518. The third-order valence-corrected chi connectivity index (χ3v) is 3.59. The van der Waals surface area contributed by atoms with Crippen LogP contribution in [0.3, 0.4) is 0 Å². The normalized spacial score (nSPS) is 23.4. The number of likely N-dealkylation sites (N-methyl/N-ethyl adjacent to an activating group) is 1. The number of aliphatic hydroxyl groups is 1. The van der Waals surface area contributed by atoms with Crippen molar-refractivity contribution in [1.29, 1.82) is 0 Å². The molecule has 0 radical (unpaired) electrons. The first-order valence-electron chi connectivity index (χ1n) is 5.14. The Kier molecular flexibility index (Phi) is 3.09. The number of benzene rings is 1. The van der Waals surface area contributed by atoms with E-state index in [1.807, 2.05) is 22.6 Å². The molecule has 2 rings (SSSR count). The van der Waals surface area contributed by atoms with Gasteiger partial charge in [-0.15, -0.1) is 0 Å². The molecule has 98 valence electrons. The predicted molar refractivity (Wildman–Crippen MR) is 67.1 cm³/mol. The molecule has 1 heterocycles. The van der Waals surface area contributed by atoms with E-state index in [9.17, 15) is 23.1 Å². The molecule has 0 saturated heterocycles. The number of halogens is 4. The first-order chi connectivity index (χ1) is 8.23. The highest BCUT2D eigenvalue weighted by Gasteiger charge is 2.66. The number of fused-ring (bicyclic) bond motifs is 1. The van der Waals surface area contributed by atoms with E-state index in [4.69, 9.17) is 0 Å². The summed E-state index contributed by atoms with van der Waals surface area (Å²) < 4.78 is 39.6. The van der Waals surface area contributed by atoms with E-state index in [0.29, 0.717) is 3.57 Å². The van der Waals surface area contributed by atoms with Crippen LogP contribution in [0.5, 0.6) is 0 Å². The highest BCUT2D eigenvalue weighted by Crippen LogP contribution is 2.49. The topological polar surface area (TPSA) is 40.5 Å². The summed E-state index contributed by atoms with van der Waals surface area (Å²) >= 11 is 1.84. The molecule has 1 atom stereocenters. The highest BCUT2D eigenvalue weighted by molar-refractivity contribution is 14.1. The van der Waals surface area contributed by atoms with Crippen molar-refractivity contribution in [2.24, 2.45) is 0 Å². The smallest absolute Gasteiger partial charge is 0.368 e.